The van der Waals surface area contributed by atoms with Gasteiger partial charge in [0.15, 0.2) is 0 Å². The lowest BCUT2D eigenvalue weighted by Gasteiger charge is -2.22. The Labute approximate surface area is 131 Å². The van der Waals surface area contributed by atoms with Crippen molar-refractivity contribution in [1.29, 1.82) is 0 Å². The summed E-state index contributed by atoms with van der Waals surface area (Å²) in [6.07, 6.45) is 2.85. The number of hydrogen-bond donors (Lipinski definition) is 2. The molecule has 2 heterocycles. The van der Waals surface area contributed by atoms with E-state index in [2.05, 4.69) is 34.4 Å². The Morgan fingerprint density at radius 1 is 1.41 bits per heavy atom. The average Bonchev–Trinajstić information content (AvgIpc) is 2.55. The Kier molecular flexibility index (Phi) is 5.75. The molecule has 1 aromatic heterocycles. The van der Waals surface area contributed by atoms with Gasteiger partial charge in [-0.05, 0) is 31.9 Å². The SMILES string of the molecule is CCN(CC)c1ccc(CNC(=O)[C@@H]2CCC(=O)NC2)cn1. The molecular formula is C16H24N4O2. The van der Waals surface area contributed by atoms with Gasteiger partial charge in [-0.25, -0.2) is 4.98 Å². The number of anilines is 1. The van der Waals surface area contributed by atoms with Crippen LogP contribution in [0, 0.1) is 5.92 Å². The highest BCUT2D eigenvalue weighted by Crippen LogP contribution is 2.13. The fraction of sp³-hybridized carbons (Fsp3) is 0.562. The van der Waals surface area contributed by atoms with Crippen LogP contribution in [0.1, 0.15) is 32.3 Å². The van der Waals surface area contributed by atoms with E-state index in [1.165, 1.54) is 0 Å². The average molecular weight is 304 g/mol. The van der Waals surface area contributed by atoms with Crippen LogP contribution in [0.5, 0.6) is 0 Å². The Bertz CT molecular complexity index is 501. The Morgan fingerprint density at radius 2 is 2.18 bits per heavy atom. The second kappa shape index (κ2) is 7.77. The van der Waals surface area contributed by atoms with Crippen molar-refractivity contribution in [3.05, 3.63) is 23.9 Å². The van der Waals surface area contributed by atoms with Gasteiger partial charge >= 0.3 is 0 Å². The Morgan fingerprint density at radius 3 is 2.73 bits per heavy atom. The van der Waals surface area contributed by atoms with E-state index in [1.54, 1.807) is 6.20 Å². The van der Waals surface area contributed by atoms with E-state index in [-0.39, 0.29) is 17.7 Å². The van der Waals surface area contributed by atoms with Crippen molar-refractivity contribution in [1.82, 2.24) is 15.6 Å². The van der Waals surface area contributed by atoms with Gasteiger partial charge in [0.1, 0.15) is 5.82 Å². The fourth-order valence-corrected chi connectivity index (χ4v) is 2.55. The zero-order chi connectivity index (χ0) is 15.9. The van der Waals surface area contributed by atoms with Crippen molar-refractivity contribution in [2.75, 3.05) is 24.5 Å². The number of amides is 2. The molecular weight excluding hydrogens is 280 g/mol. The molecule has 1 aliphatic rings. The number of piperidine rings is 1. The topological polar surface area (TPSA) is 74.3 Å². The third-order valence-corrected chi connectivity index (χ3v) is 4.00. The van der Waals surface area contributed by atoms with Crippen LogP contribution < -0.4 is 15.5 Å². The second-order valence-electron chi connectivity index (χ2n) is 5.45. The molecule has 0 bridgehead atoms. The minimum atomic E-state index is -0.124. The number of nitrogens with one attached hydrogen (secondary N) is 2. The van der Waals surface area contributed by atoms with E-state index in [0.717, 1.165) is 24.5 Å². The molecule has 120 valence electrons. The van der Waals surface area contributed by atoms with Gasteiger partial charge in [0.2, 0.25) is 11.8 Å². The lowest BCUT2D eigenvalue weighted by atomic mass is 9.98. The molecule has 2 amide bonds. The molecule has 0 aliphatic carbocycles. The van der Waals surface area contributed by atoms with Crippen LogP contribution in [-0.4, -0.2) is 36.4 Å². The van der Waals surface area contributed by atoms with E-state index in [1.807, 2.05) is 12.1 Å². The highest BCUT2D eigenvalue weighted by Gasteiger charge is 2.23. The minimum Gasteiger partial charge on any atom is -0.357 e. The van der Waals surface area contributed by atoms with E-state index in [0.29, 0.717) is 25.9 Å². The summed E-state index contributed by atoms with van der Waals surface area (Å²) < 4.78 is 0. The van der Waals surface area contributed by atoms with Crippen molar-refractivity contribution in [3.63, 3.8) is 0 Å². The first-order valence-corrected chi connectivity index (χ1v) is 7.88. The van der Waals surface area contributed by atoms with E-state index in [4.69, 9.17) is 0 Å². The maximum Gasteiger partial charge on any atom is 0.225 e. The van der Waals surface area contributed by atoms with Gasteiger partial charge in [-0.2, -0.15) is 0 Å². The predicted octanol–water partition coefficient (Wildman–Crippen LogP) is 1.07. The standard InChI is InChI=1S/C16H24N4O2/c1-3-20(4-2)14-7-5-12(9-17-14)10-19-16(22)13-6-8-15(21)18-11-13/h5,7,9,13H,3-4,6,8,10-11H2,1-2H3,(H,18,21)(H,19,22)/t13-/m1/s1. The third kappa shape index (κ3) is 4.19. The molecule has 0 radical (unpaired) electrons. The summed E-state index contributed by atoms with van der Waals surface area (Å²) in [5, 5.41) is 5.64. The predicted molar refractivity (Wildman–Crippen MR) is 85.4 cm³/mol. The summed E-state index contributed by atoms with van der Waals surface area (Å²) in [6.45, 7) is 6.95. The molecule has 2 N–H and O–H groups in total. The molecule has 0 unspecified atom stereocenters. The third-order valence-electron chi connectivity index (χ3n) is 4.00. The van der Waals surface area contributed by atoms with Crippen LogP contribution in [0.3, 0.4) is 0 Å². The number of aromatic nitrogens is 1. The van der Waals surface area contributed by atoms with Crippen LogP contribution in [0.4, 0.5) is 5.82 Å². The Hall–Kier alpha value is -2.11. The molecule has 0 saturated carbocycles. The second-order valence-corrected chi connectivity index (χ2v) is 5.45. The summed E-state index contributed by atoms with van der Waals surface area (Å²) in [5.74, 6) is 0.851. The summed E-state index contributed by atoms with van der Waals surface area (Å²) in [5.41, 5.74) is 0.976. The molecule has 6 heteroatoms. The van der Waals surface area contributed by atoms with E-state index < -0.39 is 0 Å². The van der Waals surface area contributed by atoms with Crippen molar-refractivity contribution >= 4 is 17.6 Å². The molecule has 1 fully saturated rings. The molecule has 22 heavy (non-hydrogen) atoms. The van der Waals surface area contributed by atoms with Gasteiger partial charge in [-0.3, -0.25) is 9.59 Å². The number of rotatable bonds is 6. The van der Waals surface area contributed by atoms with Crippen LogP contribution >= 0.6 is 0 Å². The van der Waals surface area contributed by atoms with Crippen LogP contribution in [0.2, 0.25) is 0 Å². The number of carbonyl (C=O) groups excluding carboxylic acids is 2. The van der Waals surface area contributed by atoms with Crippen molar-refractivity contribution < 1.29 is 9.59 Å². The first-order valence-electron chi connectivity index (χ1n) is 7.88. The first kappa shape index (κ1) is 16.3. The van der Waals surface area contributed by atoms with Crippen LogP contribution in [0.25, 0.3) is 0 Å². The summed E-state index contributed by atoms with van der Waals surface area (Å²) in [4.78, 5) is 29.8. The summed E-state index contributed by atoms with van der Waals surface area (Å²) >= 11 is 0. The number of nitrogens with zero attached hydrogens (tertiary/aromatic N) is 2. The van der Waals surface area contributed by atoms with Gasteiger partial charge in [-0.1, -0.05) is 6.07 Å². The quantitative estimate of drug-likeness (QED) is 0.824. The highest BCUT2D eigenvalue weighted by atomic mass is 16.2. The molecule has 0 aromatic carbocycles. The van der Waals surface area contributed by atoms with Gasteiger partial charge in [0, 0.05) is 38.8 Å². The number of carbonyl (C=O) groups is 2. The van der Waals surface area contributed by atoms with Crippen molar-refractivity contribution in [3.8, 4) is 0 Å². The largest absolute Gasteiger partial charge is 0.357 e. The molecule has 0 spiro atoms. The van der Waals surface area contributed by atoms with Gasteiger partial charge in [-0.15, -0.1) is 0 Å². The molecule has 1 aliphatic heterocycles. The lowest BCUT2D eigenvalue weighted by Crippen LogP contribution is -2.42. The van der Waals surface area contributed by atoms with Gasteiger partial charge < -0.3 is 15.5 Å². The van der Waals surface area contributed by atoms with Crippen LogP contribution in [0.15, 0.2) is 18.3 Å². The molecule has 6 nitrogen and oxygen atoms in total. The number of hydrogen-bond acceptors (Lipinski definition) is 4. The van der Waals surface area contributed by atoms with E-state index in [9.17, 15) is 9.59 Å². The zero-order valence-electron chi connectivity index (χ0n) is 13.3. The number of pyridine rings is 1. The van der Waals surface area contributed by atoms with Gasteiger partial charge in [0.25, 0.3) is 0 Å². The summed E-state index contributed by atoms with van der Waals surface area (Å²) in [6, 6.07) is 3.97. The zero-order valence-corrected chi connectivity index (χ0v) is 13.3. The molecule has 2 rings (SSSR count). The van der Waals surface area contributed by atoms with Crippen molar-refractivity contribution in [2.24, 2.45) is 5.92 Å². The normalized spacial score (nSPS) is 17.7. The molecule has 1 saturated heterocycles. The molecule has 1 aromatic rings. The van der Waals surface area contributed by atoms with Crippen molar-refractivity contribution in [2.45, 2.75) is 33.2 Å². The fourth-order valence-electron chi connectivity index (χ4n) is 2.55. The minimum absolute atomic E-state index is 0.00665. The monoisotopic (exact) mass is 304 g/mol. The summed E-state index contributed by atoms with van der Waals surface area (Å²) in [7, 11) is 0. The molecule has 1 atom stereocenters. The highest BCUT2D eigenvalue weighted by molar-refractivity contribution is 5.83. The first-order chi connectivity index (χ1) is 10.6. The smallest absolute Gasteiger partial charge is 0.225 e. The maximum atomic E-state index is 12.1. The lowest BCUT2D eigenvalue weighted by molar-refractivity contribution is -0.129. The van der Waals surface area contributed by atoms with Crippen LogP contribution in [-0.2, 0) is 16.1 Å². The van der Waals surface area contributed by atoms with Gasteiger partial charge in [0.05, 0.1) is 5.92 Å². The maximum absolute atomic E-state index is 12.1. The Balaban J connectivity index is 1.83. The van der Waals surface area contributed by atoms with E-state index >= 15 is 0 Å².